The van der Waals surface area contributed by atoms with Gasteiger partial charge >= 0.3 is 5.97 Å². The van der Waals surface area contributed by atoms with Crippen LogP contribution in [0.4, 0.5) is 0 Å². The molecule has 0 aliphatic heterocycles. The van der Waals surface area contributed by atoms with Gasteiger partial charge in [0.25, 0.3) is 0 Å². The van der Waals surface area contributed by atoms with Gasteiger partial charge in [0.05, 0.1) is 11.6 Å². The van der Waals surface area contributed by atoms with Gasteiger partial charge in [0.15, 0.2) is 0 Å². The quantitative estimate of drug-likeness (QED) is 0.325. The number of esters is 1. The van der Waals surface area contributed by atoms with Crippen molar-refractivity contribution in [3.05, 3.63) is 22.0 Å². The molecule has 0 spiro atoms. The number of carbonyl (C=O) groups excluding carboxylic acids is 1. The fourth-order valence-corrected chi connectivity index (χ4v) is 0.865. The van der Waals surface area contributed by atoms with Crippen LogP contribution in [0, 0.1) is 0 Å². The molecule has 0 heterocycles. The molecule has 0 aliphatic rings. The van der Waals surface area contributed by atoms with Crippen LogP contribution in [-0.4, -0.2) is 12.6 Å². The van der Waals surface area contributed by atoms with Gasteiger partial charge in [-0.3, -0.25) is 0 Å². The fraction of sp³-hybridized carbons (Fsp3) is 0.286. The van der Waals surface area contributed by atoms with E-state index in [1.54, 1.807) is 6.92 Å². The molecule has 0 aliphatic carbocycles. The van der Waals surface area contributed by atoms with Gasteiger partial charge in [-0.15, -0.1) is 0 Å². The first kappa shape index (κ1) is 12.1. The van der Waals surface area contributed by atoms with Crippen molar-refractivity contribution >= 4 is 29.2 Å². The third kappa shape index (κ3) is 4.65. The molecule has 74 valence electrons. The lowest BCUT2D eigenvalue weighted by atomic mass is 10.4. The van der Waals surface area contributed by atoms with Crippen LogP contribution in [0.3, 0.4) is 0 Å². The molecule has 6 heteroatoms. The third-order valence-electron chi connectivity index (χ3n) is 1.02. The highest BCUT2D eigenvalue weighted by Gasteiger charge is 2.09. The molecule has 0 saturated carbocycles. The van der Waals surface area contributed by atoms with E-state index in [4.69, 9.17) is 34.7 Å². The Balaban J connectivity index is 4.61. The largest absolute Gasteiger partial charge is 0.461 e. The number of rotatable bonds is 3. The topological polar surface area (TPSA) is 78.3 Å². The Morgan fingerprint density at radius 2 is 2.00 bits per heavy atom. The molecule has 0 rings (SSSR count). The van der Waals surface area contributed by atoms with Crippen molar-refractivity contribution in [2.75, 3.05) is 6.61 Å². The molecule has 4 N–H and O–H groups in total. The maximum atomic E-state index is 11.0. The summed E-state index contributed by atoms with van der Waals surface area (Å²) >= 11 is 10.9. The average molecular weight is 225 g/mol. The highest BCUT2D eigenvalue weighted by molar-refractivity contribution is 6.35. The van der Waals surface area contributed by atoms with Crippen molar-refractivity contribution in [2.24, 2.45) is 11.5 Å². The van der Waals surface area contributed by atoms with Crippen LogP contribution in [0.1, 0.15) is 6.92 Å². The number of nitrogens with two attached hydrogens (primary N) is 2. The third-order valence-corrected chi connectivity index (χ3v) is 1.44. The van der Waals surface area contributed by atoms with Crippen LogP contribution in [0.5, 0.6) is 0 Å². The molecule has 0 bridgehead atoms. The Hall–Kier alpha value is -0.870. The van der Waals surface area contributed by atoms with Gasteiger partial charge in [-0.2, -0.15) is 0 Å². The van der Waals surface area contributed by atoms with Gasteiger partial charge < -0.3 is 16.2 Å². The SMILES string of the molecule is CCOC(=O)/C(N)=C(Cl)/C=C(\N)Cl. The Kier molecular flexibility index (Phi) is 5.34. The number of ether oxygens (including phenoxy) is 1. The maximum absolute atomic E-state index is 11.0. The molecule has 13 heavy (non-hydrogen) atoms. The van der Waals surface area contributed by atoms with Gasteiger partial charge in [0, 0.05) is 0 Å². The lowest BCUT2D eigenvalue weighted by Gasteiger charge is -2.01. The molecule has 0 unspecified atom stereocenters. The predicted octanol–water partition coefficient (Wildman–Crippen LogP) is 0.998. The molecule has 0 aromatic rings. The summed E-state index contributed by atoms with van der Waals surface area (Å²) in [7, 11) is 0. The van der Waals surface area contributed by atoms with Crippen molar-refractivity contribution in [1.82, 2.24) is 0 Å². The van der Waals surface area contributed by atoms with E-state index < -0.39 is 5.97 Å². The molecule has 0 atom stereocenters. The molecule has 0 aromatic heterocycles. The lowest BCUT2D eigenvalue weighted by Crippen LogP contribution is -2.15. The molecular weight excluding hydrogens is 215 g/mol. The molecule has 0 saturated heterocycles. The summed E-state index contributed by atoms with van der Waals surface area (Å²) in [6, 6.07) is 0. The number of hydrogen-bond donors (Lipinski definition) is 2. The summed E-state index contributed by atoms with van der Waals surface area (Å²) in [5, 5.41) is -0.0943. The van der Waals surface area contributed by atoms with Crippen molar-refractivity contribution in [1.29, 1.82) is 0 Å². The van der Waals surface area contributed by atoms with Crippen molar-refractivity contribution in [3.63, 3.8) is 0 Å². The molecule has 0 amide bonds. The van der Waals surface area contributed by atoms with Crippen LogP contribution in [-0.2, 0) is 9.53 Å². The minimum Gasteiger partial charge on any atom is -0.461 e. The summed E-state index contributed by atoms with van der Waals surface area (Å²) in [6.07, 6.45) is 1.16. The second-order valence-electron chi connectivity index (χ2n) is 2.01. The smallest absolute Gasteiger partial charge is 0.355 e. The van der Waals surface area contributed by atoms with Gasteiger partial charge in [-0.1, -0.05) is 23.2 Å². The summed E-state index contributed by atoms with van der Waals surface area (Å²) in [5.74, 6) is -0.693. The van der Waals surface area contributed by atoms with Crippen LogP contribution >= 0.6 is 23.2 Å². The Morgan fingerprint density at radius 1 is 1.46 bits per heavy atom. The van der Waals surface area contributed by atoms with Crippen LogP contribution in [0.15, 0.2) is 22.0 Å². The van der Waals surface area contributed by atoms with Gasteiger partial charge in [-0.05, 0) is 13.0 Å². The highest BCUT2D eigenvalue weighted by Crippen LogP contribution is 2.10. The van der Waals surface area contributed by atoms with E-state index >= 15 is 0 Å². The molecule has 0 aromatic carbocycles. The molecule has 0 fully saturated rings. The normalized spacial score (nSPS) is 13.6. The Labute approximate surface area is 86.1 Å². The summed E-state index contributed by atoms with van der Waals surface area (Å²) in [4.78, 5) is 11.0. The summed E-state index contributed by atoms with van der Waals surface area (Å²) < 4.78 is 4.59. The lowest BCUT2D eigenvalue weighted by molar-refractivity contribution is -0.138. The number of carbonyl (C=O) groups is 1. The average Bonchev–Trinajstić information content (AvgIpc) is 2.02. The zero-order valence-corrected chi connectivity index (χ0v) is 8.52. The van der Waals surface area contributed by atoms with Crippen LogP contribution in [0.2, 0.25) is 0 Å². The Morgan fingerprint density at radius 3 is 2.38 bits per heavy atom. The number of hydrogen-bond acceptors (Lipinski definition) is 4. The Bertz CT molecular complexity index is 257. The van der Waals surface area contributed by atoms with E-state index in [1.807, 2.05) is 0 Å². The minimum absolute atomic E-state index is 0.0362. The van der Waals surface area contributed by atoms with E-state index in [9.17, 15) is 4.79 Å². The molecule has 0 radical (unpaired) electrons. The first-order valence-corrected chi connectivity index (χ1v) is 4.19. The minimum atomic E-state index is -0.693. The van der Waals surface area contributed by atoms with E-state index in [-0.39, 0.29) is 22.5 Å². The number of allylic oxidation sites excluding steroid dienone is 2. The van der Waals surface area contributed by atoms with E-state index in [0.717, 1.165) is 6.08 Å². The van der Waals surface area contributed by atoms with E-state index in [2.05, 4.69) is 4.74 Å². The second kappa shape index (κ2) is 5.72. The zero-order valence-electron chi connectivity index (χ0n) is 7.01. The van der Waals surface area contributed by atoms with Gasteiger partial charge in [0.2, 0.25) is 0 Å². The standard InChI is InChI=1S/C7H10Cl2N2O2/c1-2-13-7(12)6(11)4(8)3-5(9)10/h3H,2,10-11H2,1H3/b5-3-,6-4+. The summed E-state index contributed by atoms with van der Waals surface area (Å²) in [5.41, 5.74) is 10.2. The van der Waals surface area contributed by atoms with Gasteiger partial charge in [0.1, 0.15) is 10.9 Å². The van der Waals surface area contributed by atoms with Crippen molar-refractivity contribution in [3.8, 4) is 0 Å². The maximum Gasteiger partial charge on any atom is 0.355 e. The van der Waals surface area contributed by atoms with E-state index in [1.165, 1.54) is 0 Å². The predicted molar refractivity (Wildman–Crippen MR) is 51.8 cm³/mol. The second-order valence-corrected chi connectivity index (χ2v) is 2.85. The molecular formula is C7H10Cl2N2O2. The number of halogens is 2. The van der Waals surface area contributed by atoms with Gasteiger partial charge in [-0.25, -0.2) is 4.79 Å². The first-order valence-electron chi connectivity index (χ1n) is 3.44. The fourth-order valence-electron chi connectivity index (χ4n) is 0.505. The van der Waals surface area contributed by atoms with Crippen molar-refractivity contribution in [2.45, 2.75) is 6.92 Å². The van der Waals surface area contributed by atoms with Crippen LogP contribution < -0.4 is 11.5 Å². The van der Waals surface area contributed by atoms with Crippen LogP contribution in [0.25, 0.3) is 0 Å². The van der Waals surface area contributed by atoms with E-state index in [0.29, 0.717) is 0 Å². The van der Waals surface area contributed by atoms with Crippen molar-refractivity contribution < 1.29 is 9.53 Å². The molecule has 4 nitrogen and oxygen atoms in total. The highest BCUT2D eigenvalue weighted by atomic mass is 35.5. The summed E-state index contributed by atoms with van der Waals surface area (Å²) in [6.45, 7) is 1.88. The monoisotopic (exact) mass is 224 g/mol. The first-order chi connectivity index (χ1) is 5.99. The zero-order chi connectivity index (χ0) is 10.4.